The molecule has 0 spiro atoms. The monoisotopic (exact) mass is 293 g/mol. The van der Waals surface area contributed by atoms with Crippen LogP contribution in [0.3, 0.4) is 0 Å². The van der Waals surface area contributed by atoms with Gasteiger partial charge in [-0.05, 0) is 12.8 Å². The number of carboxylic acids is 1. The zero-order valence-corrected chi connectivity index (χ0v) is 11.6. The highest BCUT2D eigenvalue weighted by atomic mass is 32.2. The summed E-state index contributed by atoms with van der Waals surface area (Å²) in [6.07, 6.45) is 1.07. The van der Waals surface area contributed by atoms with Crippen LogP contribution in [0, 0.1) is 0 Å². The van der Waals surface area contributed by atoms with Gasteiger partial charge in [0.15, 0.2) is 0 Å². The second kappa shape index (κ2) is 6.71. The van der Waals surface area contributed by atoms with Crippen LogP contribution in [0.1, 0.15) is 19.8 Å². The van der Waals surface area contributed by atoms with Gasteiger partial charge >= 0.3 is 12.0 Å². The van der Waals surface area contributed by atoms with Crippen LogP contribution in [-0.4, -0.2) is 61.9 Å². The first kappa shape index (κ1) is 15.7. The molecule has 0 aromatic rings. The van der Waals surface area contributed by atoms with Crippen molar-refractivity contribution in [3.05, 3.63) is 0 Å². The molecule has 110 valence electrons. The molecule has 1 heterocycles. The maximum Gasteiger partial charge on any atom is 0.326 e. The molecular weight excluding hydrogens is 274 g/mol. The fraction of sp³-hybridized carbons (Fsp3) is 0.800. The topological polar surface area (TPSA) is 116 Å². The van der Waals surface area contributed by atoms with Gasteiger partial charge in [0, 0.05) is 19.6 Å². The highest BCUT2D eigenvalue weighted by Crippen LogP contribution is 2.17. The van der Waals surface area contributed by atoms with Crippen molar-refractivity contribution in [2.24, 2.45) is 0 Å². The minimum Gasteiger partial charge on any atom is -0.480 e. The van der Waals surface area contributed by atoms with Gasteiger partial charge in [-0.3, -0.25) is 0 Å². The number of carbonyl (C=O) groups excluding carboxylic acids is 1. The molecule has 1 aliphatic rings. The average molecular weight is 293 g/mol. The van der Waals surface area contributed by atoms with E-state index < -0.39 is 28.1 Å². The fourth-order valence-electron chi connectivity index (χ4n) is 1.95. The van der Waals surface area contributed by atoms with E-state index in [4.69, 9.17) is 5.11 Å². The lowest BCUT2D eigenvalue weighted by molar-refractivity contribution is -0.141. The Kier molecular flexibility index (Phi) is 5.55. The van der Waals surface area contributed by atoms with Crippen molar-refractivity contribution in [1.82, 2.24) is 14.9 Å². The third kappa shape index (κ3) is 4.67. The molecular formula is C10H19N3O5S. The number of nitrogens with zero attached hydrogens (tertiary/aromatic N) is 1. The van der Waals surface area contributed by atoms with Gasteiger partial charge in [0.25, 0.3) is 0 Å². The first-order valence-corrected chi connectivity index (χ1v) is 7.77. The van der Waals surface area contributed by atoms with Crippen LogP contribution in [0.15, 0.2) is 0 Å². The molecule has 0 bridgehead atoms. The number of carboxylic acid groups (broad SMARTS) is 1. The molecule has 0 aliphatic carbocycles. The van der Waals surface area contributed by atoms with Gasteiger partial charge in [0.1, 0.15) is 6.04 Å². The molecule has 3 N–H and O–H groups in total. The van der Waals surface area contributed by atoms with E-state index in [1.807, 2.05) is 0 Å². The number of rotatable bonds is 6. The maximum atomic E-state index is 11.7. The number of urea groups is 1. The van der Waals surface area contributed by atoms with Crippen molar-refractivity contribution in [2.45, 2.75) is 25.8 Å². The average Bonchev–Trinajstić information content (AvgIpc) is 2.77. The van der Waals surface area contributed by atoms with E-state index >= 15 is 0 Å². The molecule has 19 heavy (non-hydrogen) atoms. The van der Waals surface area contributed by atoms with Crippen molar-refractivity contribution in [2.75, 3.05) is 25.4 Å². The van der Waals surface area contributed by atoms with Gasteiger partial charge in [0.2, 0.25) is 10.0 Å². The summed E-state index contributed by atoms with van der Waals surface area (Å²) in [5, 5.41) is 11.4. The molecule has 0 unspecified atom stereocenters. The molecule has 1 fully saturated rings. The molecule has 1 saturated heterocycles. The summed E-state index contributed by atoms with van der Waals surface area (Å²) in [5.74, 6) is -1.26. The predicted molar refractivity (Wildman–Crippen MR) is 68.2 cm³/mol. The van der Waals surface area contributed by atoms with Crippen LogP contribution >= 0.6 is 0 Å². The smallest absolute Gasteiger partial charge is 0.326 e. The van der Waals surface area contributed by atoms with Gasteiger partial charge in [-0.15, -0.1) is 0 Å². The number of carbonyl (C=O) groups is 2. The number of amides is 2. The van der Waals surface area contributed by atoms with E-state index in [1.54, 1.807) is 6.92 Å². The summed E-state index contributed by atoms with van der Waals surface area (Å²) in [6.45, 7) is 2.29. The standard InChI is InChI=1S/C10H19N3O5S/c1-2-12-19(17,18)7-5-11-10(16)13-6-3-4-8(13)9(14)15/h8,12H,2-7H2,1H3,(H,11,16)(H,14,15)/t8-/m1/s1. The number of sulfonamides is 1. The van der Waals surface area contributed by atoms with Crippen LogP contribution in [0.2, 0.25) is 0 Å². The van der Waals surface area contributed by atoms with Crippen LogP contribution in [0.25, 0.3) is 0 Å². The number of hydrogen-bond donors (Lipinski definition) is 3. The second-order valence-corrected chi connectivity index (χ2v) is 6.16. The second-order valence-electron chi connectivity index (χ2n) is 4.24. The quantitative estimate of drug-likeness (QED) is 0.592. The number of aliphatic carboxylic acids is 1. The Morgan fingerprint density at radius 1 is 1.42 bits per heavy atom. The fourth-order valence-corrected chi connectivity index (χ4v) is 2.91. The van der Waals surface area contributed by atoms with Gasteiger partial charge in [-0.25, -0.2) is 22.7 Å². The molecule has 0 aromatic heterocycles. The van der Waals surface area contributed by atoms with Crippen molar-refractivity contribution >= 4 is 22.0 Å². The highest BCUT2D eigenvalue weighted by molar-refractivity contribution is 7.89. The molecule has 1 aliphatic heterocycles. The largest absolute Gasteiger partial charge is 0.480 e. The Hall–Kier alpha value is -1.35. The summed E-state index contributed by atoms with van der Waals surface area (Å²) in [5.41, 5.74) is 0. The highest BCUT2D eigenvalue weighted by Gasteiger charge is 2.33. The number of likely N-dealkylation sites (tertiary alicyclic amines) is 1. The normalized spacial score (nSPS) is 19.4. The first-order chi connectivity index (χ1) is 8.87. The summed E-state index contributed by atoms with van der Waals surface area (Å²) in [7, 11) is -3.38. The van der Waals surface area contributed by atoms with Crippen molar-refractivity contribution in [3.8, 4) is 0 Å². The Balaban J connectivity index is 2.41. The molecule has 8 nitrogen and oxygen atoms in total. The summed E-state index contributed by atoms with van der Waals surface area (Å²) < 4.78 is 25.0. The minimum absolute atomic E-state index is 0.0446. The molecule has 2 amide bonds. The Bertz CT molecular complexity index is 436. The van der Waals surface area contributed by atoms with Crippen LogP contribution in [0.4, 0.5) is 4.79 Å². The molecule has 9 heteroatoms. The van der Waals surface area contributed by atoms with Crippen molar-refractivity contribution < 1.29 is 23.1 Å². The Labute approximate surface area is 112 Å². The molecule has 0 aromatic carbocycles. The SMILES string of the molecule is CCNS(=O)(=O)CCNC(=O)N1CCC[C@@H]1C(=O)O. The predicted octanol–water partition coefficient (Wildman–Crippen LogP) is -0.816. The van der Waals surface area contributed by atoms with Crippen LogP contribution in [0.5, 0.6) is 0 Å². The summed E-state index contributed by atoms with van der Waals surface area (Å²) in [4.78, 5) is 23.9. The lowest BCUT2D eigenvalue weighted by Gasteiger charge is -2.21. The Morgan fingerprint density at radius 2 is 2.11 bits per heavy atom. The van der Waals surface area contributed by atoms with E-state index in [1.165, 1.54) is 4.90 Å². The zero-order chi connectivity index (χ0) is 14.5. The van der Waals surface area contributed by atoms with E-state index in [9.17, 15) is 18.0 Å². The van der Waals surface area contributed by atoms with E-state index in [-0.39, 0.29) is 12.3 Å². The zero-order valence-electron chi connectivity index (χ0n) is 10.8. The summed E-state index contributed by atoms with van der Waals surface area (Å²) in [6, 6.07) is -1.35. The number of nitrogens with one attached hydrogen (secondary N) is 2. The third-order valence-electron chi connectivity index (χ3n) is 2.81. The van der Waals surface area contributed by atoms with E-state index in [2.05, 4.69) is 10.0 Å². The number of hydrogen-bond acceptors (Lipinski definition) is 4. The van der Waals surface area contributed by atoms with Gasteiger partial charge in [-0.1, -0.05) is 6.92 Å². The lowest BCUT2D eigenvalue weighted by Crippen LogP contribution is -2.47. The maximum absolute atomic E-state index is 11.7. The van der Waals surface area contributed by atoms with E-state index in [0.29, 0.717) is 25.9 Å². The molecule has 0 saturated carbocycles. The molecule has 1 rings (SSSR count). The molecule has 1 atom stereocenters. The minimum atomic E-state index is -3.38. The Morgan fingerprint density at radius 3 is 2.68 bits per heavy atom. The first-order valence-electron chi connectivity index (χ1n) is 6.12. The van der Waals surface area contributed by atoms with Crippen LogP contribution in [-0.2, 0) is 14.8 Å². The van der Waals surface area contributed by atoms with Crippen molar-refractivity contribution in [3.63, 3.8) is 0 Å². The van der Waals surface area contributed by atoms with Gasteiger partial charge < -0.3 is 15.3 Å². The van der Waals surface area contributed by atoms with Crippen molar-refractivity contribution in [1.29, 1.82) is 0 Å². The van der Waals surface area contributed by atoms with Crippen LogP contribution < -0.4 is 10.0 Å². The van der Waals surface area contributed by atoms with Gasteiger partial charge in [-0.2, -0.15) is 0 Å². The van der Waals surface area contributed by atoms with E-state index in [0.717, 1.165) is 0 Å². The summed E-state index contributed by atoms with van der Waals surface area (Å²) >= 11 is 0. The third-order valence-corrected chi connectivity index (χ3v) is 4.28. The van der Waals surface area contributed by atoms with Gasteiger partial charge in [0.05, 0.1) is 5.75 Å². The lowest BCUT2D eigenvalue weighted by atomic mass is 10.2. The molecule has 0 radical (unpaired) electrons.